The summed E-state index contributed by atoms with van der Waals surface area (Å²) in [6.45, 7) is 9.44. The zero-order valence-electron chi connectivity index (χ0n) is 12.1. The van der Waals surface area contributed by atoms with Gasteiger partial charge in [-0.05, 0) is 32.4 Å². The molecular weight excluding hydrogens is 236 g/mol. The lowest BCUT2D eigenvalue weighted by molar-refractivity contribution is 0.424. The molecular formula is C15H22N4. The van der Waals surface area contributed by atoms with Crippen molar-refractivity contribution in [2.75, 3.05) is 0 Å². The fourth-order valence-electron chi connectivity index (χ4n) is 1.96. The van der Waals surface area contributed by atoms with Crippen molar-refractivity contribution in [3.05, 3.63) is 42.2 Å². The number of aromatic nitrogens is 3. The summed E-state index contributed by atoms with van der Waals surface area (Å²) in [5.41, 5.74) is 2.44. The highest BCUT2D eigenvalue weighted by Gasteiger charge is 2.12. The highest BCUT2D eigenvalue weighted by Crippen LogP contribution is 2.16. The second-order valence-electron chi connectivity index (χ2n) is 5.67. The predicted octanol–water partition coefficient (Wildman–Crippen LogP) is 2.72. The first-order chi connectivity index (χ1) is 9.01. The molecule has 4 heteroatoms. The van der Waals surface area contributed by atoms with Crippen molar-refractivity contribution in [2.24, 2.45) is 0 Å². The van der Waals surface area contributed by atoms with Crippen LogP contribution in [0.2, 0.25) is 0 Å². The van der Waals surface area contributed by atoms with E-state index in [-0.39, 0.29) is 5.54 Å². The van der Waals surface area contributed by atoms with Gasteiger partial charge in [0.25, 0.3) is 0 Å². The van der Waals surface area contributed by atoms with Crippen LogP contribution in [0.5, 0.6) is 0 Å². The average molecular weight is 258 g/mol. The van der Waals surface area contributed by atoms with Gasteiger partial charge in [-0.15, -0.1) is 0 Å². The number of hydrogen-bond donors (Lipinski definition) is 1. The van der Waals surface area contributed by atoms with Crippen LogP contribution >= 0.6 is 0 Å². The monoisotopic (exact) mass is 258 g/mol. The summed E-state index contributed by atoms with van der Waals surface area (Å²) in [7, 11) is 0. The van der Waals surface area contributed by atoms with Gasteiger partial charge < -0.3 is 9.88 Å². The number of hydrogen-bond acceptors (Lipinski definition) is 3. The van der Waals surface area contributed by atoms with Crippen LogP contribution in [0.15, 0.2) is 30.9 Å². The maximum atomic E-state index is 4.38. The molecule has 0 saturated carbocycles. The Kier molecular flexibility index (Phi) is 4.00. The smallest absolute Gasteiger partial charge is 0.112 e. The molecule has 2 rings (SSSR count). The molecule has 1 N–H and O–H groups in total. The number of nitrogens with zero attached hydrogens (tertiary/aromatic N) is 3. The third-order valence-corrected chi connectivity index (χ3v) is 2.99. The van der Waals surface area contributed by atoms with Crippen LogP contribution in [-0.4, -0.2) is 20.1 Å². The Morgan fingerprint density at radius 2 is 2.05 bits per heavy atom. The first-order valence-corrected chi connectivity index (χ1v) is 6.72. The van der Waals surface area contributed by atoms with E-state index in [0.717, 1.165) is 24.5 Å². The number of aryl methyl sites for hydroxylation is 1. The first kappa shape index (κ1) is 13.7. The molecule has 0 bridgehead atoms. The molecule has 2 aromatic rings. The number of imidazole rings is 1. The van der Waals surface area contributed by atoms with Gasteiger partial charge in [-0.3, -0.25) is 4.98 Å². The maximum Gasteiger partial charge on any atom is 0.112 e. The van der Waals surface area contributed by atoms with E-state index in [1.165, 1.54) is 5.56 Å². The molecule has 2 heterocycles. The molecule has 0 radical (unpaired) electrons. The molecule has 2 aromatic heterocycles. The van der Waals surface area contributed by atoms with Crippen LogP contribution in [0, 0.1) is 0 Å². The van der Waals surface area contributed by atoms with Crippen molar-refractivity contribution < 1.29 is 0 Å². The Labute approximate surface area is 114 Å². The summed E-state index contributed by atoms with van der Waals surface area (Å²) >= 11 is 0. The minimum atomic E-state index is 0.100. The second kappa shape index (κ2) is 5.53. The lowest BCUT2D eigenvalue weighted by Gasteiger charge is -2.22. The van der Waals surface area contributed by atoms with E-state index in [1.807, 2.05) is 24.8 Å². The van der Waals surface area contributed by atoms with Gasteiger partial charge in [-0.1, -0.05) is 6.92 Å². The molecule has 102 valence electrons. The molecule has 19 heavy (non-hydrogen) atoms. The summed E-state index contributed by atoms with van der Waals surface area (Å²) < 4.78 is 2.12. The normalized spacial score (nSPS) is 11.8. The van der Waals surface area contributed by atoms with Gasteiger partial charge >= 0.3 is 0 Å². The Morgan fingerprint density at radius 1 is 1.26 bits per heavy atom. The van der Waals surface area contributed by atoms with Gasteiger partial charge in [0, 0.05) is 37.1 Å². The standard InChI is InChI=1S/C15H22N4/c1-5-14-17-8-9-19(14)13-11-16-7-6-12(13)10-18-15(2,3)4/h6-9,11,18H,5,10H2,1-4H3. The number of rotatable bonds is 4. The molecule has 0 aliphatic carbocycles. The third-order valence-electron chi connectivity index (χ3n) is 2.99. The fraction of sp³-hybridized carbons (Fsp3) is 0.467. The Balaban J connectivity index is 2.31. The van der Waals surface area contributed by atoms with E-state index in [1.54, 1.807) is 0 Å². The minimum absolute atomic E-state index is 0.100. The van der Waals surface area contributed by atoms with Gasteiger partial charge in [-0.25, -0.2) is 4.98 Å². The van der Waals surface area contributed by atoms with Gasteiger partial charge in [0.05, 0.1) is 11.9 Å². The second-order valence-corrected chi connectivity index (χ2v) is 5.67. The van der Waals surface area contributed by atoms with Crippen molar-refractivity contribution in [2.45, 2.75) is 46.2 Å². The van der Waals surface area contributed by atoms with Crippen LogP contribution < -0.4 is 5.32 Å². The molecule has 4 nitrogen and oxygen atoms in total. The number of pyridine rings is 1. The summed E-state index contributed by atoms with van der Waals surface area (Å²) in [6, 6.07) is 2.06. The maximum absolute atomic E-state index is 4.38. The van der Waals surface area contributed by atoms with E-state index in [2.05, 4.69) is 53.6 Å². The predicted molar refractivity (Wildman–Crippen MR) is 77.3 cm³/mol. The van der Waals surface area contributed by atoms with E-state index in [0.29, 0.717) is 0 Å². The average Bonchev–Trinajstić information content (AvgIpc) is 2.84. The Morgan fingerprint density at radius 3 is 2.74 bits per heavy atom. The first-order valence-electron chi connectivity index (χ1n) is 6.72. The third kappa shape index (κ3) is 3.41. The van der Waals surface area contributed by atoms with E-state index >= 15 is 0 Å². The number of nitrogens with one attached hydrogen (secondary N) is 1. The van der Waals surface area contributed by atoms with E-state index < -0.39 is 0 Å². The highest BCUT2D eigenvalue weighted by atomic mass is 15.1. The molecule has 0 saturated heterocycles. The van der Waals surface area contributed by atoms with Crippen molar-refractivity contribution >= 4 is 0 Å². The summed E-state index contributed by atoms with van der Waals surface area (Å²) in [5, 5.41) is 3.52. The fourth-order valence-corrected chi connectivity index (χ4v) is 1.96. The summed E-state index contributed by atoms with van der Waals surface area (Å²) in [6.07, 6.45) is 8.49. The zero-order valence-corrected chi connectivity index (χ0v) is 12.1. The van der Waals surface area contributed by atoms with Crippen molar-refractivity contribution in [3.63, 3.8) is 0 Å². The highest BCUT2D eigenvalue weighted by molar-refractivity contribution is 5.39. The van der Waals surface area contributed by atoms with Crippen LogP contribution in [-0.2, 0) is 13.0 Å². The topological polar surface area (TPSA) is 42.7 Å². The van der Waals surface area contributed by atoms with E-state index in [9.17, 15) is 0 Å². The molecule has 0 unspecified atom stereocenters. The van der Waals surface area contributed by atoms with Crippen molar-refractivity contribution in [1.29, 1.82) is 0 Å². The van der Waals surface area contributed by atoms with E-state index in [4.69, 9.17) is 0 Å². The lowest BCUT2D eigenvalue weighted by atomic mass is 10.1. The molecule has 0 aromatic carbocycles. The molecule has 0 aliphatic rings. The molecule has 0 spiro atoms. The van der Waals surface area contributed by atoms with Crippen molar-refractivity contribution in [1.82, 2.24) is 19.9 Å². The van der Waals surface area contributed by atoms with Crippen LogP contribution in [0.25, 0.3) is 5.69 Å². The minimum Gasteiger partial charge on any atom is -0.308 e. The van der Waals surface area contributed by atoms with Crippen molar-refractivity contribution in [3.8, 4) is 5.69 Å². The zero-order chi connectivity index (χ0) is 13.9. The largest absolute Gasteiger partial charge is 0.308 e. The molecule has 0 amide bonds. The lowest BCUT2D eigenvalue weighted by Crippen LogP contribution is -2.35. The van der Waals surface area contributed by atoms with Gasteiger partial charge in [0.15, 0.2) is 0 Å². The molecule has 0 aliphatic heterocycles. The van der Waals surface area contributed by atoms with Gasteiger partial charge in [-0.2, -0.15) is 0 Å². The van der Waals surface area contributed by atoms with Crippen LogP contribution in [0.3, 0.4) is 0 Å². The SMILES string of the molecule is CCc1nccn1-c1cnccc1CNC(C)(C)C. The van der Waals surface area contributed by atoms with Crippen LogP contribution in [0.4, 0.5) is 0 Å². The van der Waals surface area contributed by atoms with Gasteiger partial charge in [0.2, 0.25) is 0 Å². The Hall–Kier alpha value is -1.68. The summed E-state index contributed by atoms with van der Waals surface area (Å²) in [5.74, 6) is 1.06. The Bertz CT molecular complexity index is 537. The summed E-state index contributed by atoms with van der Waals surface area (Å²) in [4.78, 5) is 8.62. The van der Waals surface area contributed by atoms with Gasteiger partial charge in [0.1, 0.15) is 5.82 Å². The molecule has 0 atom stereocenters. The quantitative estimate of drug-likeness (QED) is 0.917. The molecule has 0 fully saturated rings. The van der Waals surface area contributed by atoms with Crippen LogP contribution in [0.1, 0.15) is 39.1 Å².